The lowest BCUT2D eigenvalue weighted by atomic mass is 10.1. The third kappa shape index (κ3) is 8.45. The van der Waals surface area contributed by atoms with E-state index in [2.05, 4.69) is 15.4 Å². The Morgan fingerprint density at radius 1 is 1.05 bits per heavy atom. The lowest BCUT2D eigenvalue weighted by Gasteiger charge is -2.30. The van der Waals surface area contributed by atoms with Crippen molar-refractivity contribution in [2.24, 2.45) is 0 Å². The molecule has 0 aromatic heterocycles. The number of nitrogens with one attached hydrogen (secondary N) is 2. The summed E-state index contributed by atoms with van der Waals surface area (Å²) in [4.78, 5) is 28.4. The molecule has 0 radical (unpaired) electrons. The molecule has 2 N–H and O–H groups in total. The molecule has 1 aliphatic rings. The van der Waals surface area contributed by atoms with E-state index in [0.717, 1.165) is 5.70 Å². The molecular formula is C26H31F3N4O5S. The SMILES string of the molecule is COc1ccc(C(=O)NC2SC=C(c3ccc(OC(F)(F)F)cc3)N2CCCNCC(=O)N(C)C)c(OC)c1. The minimum Gasteiger partial charge on any atom is -0.497 e. The Morgan fingerprint density at radius 2 is 1.74 bits per heavy atom. The summed E-state index contributed by atoms with van der Waals surface area (Å²) < 4.78 is 52.3. The first-order valence-electron chi connectivity index (χ1n) is 11.9. The largest absolute Gasteiger partial charge is 0.573 e. The molecule has 1 unspecified atom stereocenters. The summed E-state index contributed by atoms with van der Waals surface area (Å²) in [6, 6.07) is 10.4. The van der Waals surface area contributed by atoms with E-state index in [1.54, 1.807) is 32.3 Å². The van der Waals surface area contributed by atoms with Crippen molar-refractivity contribution in [1.82, 2.24) is 20.4 Å². The van der Waals surface area contributed by atoms with Crippen molar-refractivity contribution in [2.75, 3.05) is 47.9 Å². The zero-order chi connectivity index (χ0) is 28.6. The number of hydrogen-bond donors (Lipinski definition) is 2. The maximum Gasteiger partial charge on any atom is 0.573 e. The molecule has 0 spiro atoms. The van der Waals surface area contributed by atoms with E-state index in [0.29, 0.717) is 42.1 Å². The summed E-state index contributed by atoms with van der Waals surface area (Å²) >= 11 is 1.36. The number of ether oxygens (including phenoxy) is 3. The number of carbonyl (C=O) groups is 2. The van der Waals surface area contributed by atoms with Crippen LogP contribution in [0.5, 0.6) is 17.2 Å². The summed E-state index contributed by atoms with van der Waals surface area (Å²) in [7, 11) is 6.33. The third-order valence-electron chi connectivity index (χ3n) is 5.72. The molecule has 2 amide bonds. The van der Waals surface area contributed by atoms with Crippen LogP contribution in [0.15, 0.2) is 47.9 Å². The molecule has 0 saturated carbocycles. The number of carbonyl (C=O) groups excluding carboxylic acids is 2. The smallest absolute Gasteiger partial charge is 0.497 e. The predicted octanol–water partition coefficient (Wildman–Crippen LogP) is 3.73. The lowest BCUT2D eigenvalue weighted by molar-refractivity contribution is -0.274. The van der Waals surface area contributed by atoms with Gasteiger partial charge in [-0.3, -0.25) is 9.59 Å². The monoisotopic (exact) mass is 568 g/mol. The molecule has 13 heteroatoms. The van der Waals surface area contributed by atoms with Gasteiger partial charge in [0, 0.05) is 26.7 Å². The Kier molecular flexibility index (Phi) is 10.4. The number of alkyl halides is 3. The van der Waals surface area contributed by atoms with Gasteiger partial charge in [0.25, 0.3) is 5.91 Å². The number of thioether (sulfide) groups is 1. The average molecular weight is 569 g/mol. The summed E-state index contributed by atoms with van der Waals surface area (Å²) in [6.07, 6.45) is -4.15. The van der Waals surface area contributed by atoms with Gasteiger partial charge in [-0.15, -0.1) is 13.2 Å². The molecule has 0 saturated heterocycles. The first kappa shape index (κ1) is 30.0. The standard InChI is InChI=1S/C26H31F3N4O5S/c1-32(2)23(34)15-30-12-5-13-33-21(17-6-8-18(9-7-17)38-26(27,28)29)16-39-25(33)31-24(35)20-11-10-19(36-3)14-22(20)37-4/h6-11,14,16,25,30H,5,12-13,15H2,1-4H3,(H,31,35). The van der Waals surface area contributed by atoms with Crippen LogP contribution in [0.3, 0.4) is 0 Å². The fraction of sp³-hybridized carbons (Fsp3) is 0.385. The van der Waals surface area contributed by atoms with Crippen molar-refractivity contribution in [2.45, 2.75) is 18.3 Å². The minimum absolute atomic E-state index is 0.0490. The van der Waals surface area contributed by atoms with E-state index in [1.165, 1.54) is 55.1 Å². The van der Waals surface area contributed by atoms with Crippen LogP contribution in [0.25, 0.3) is 5.70 Å². The summed E-state index contributed by atoms with van der Waals surface area (Å²) in [5, 5.41) is 7.94. The molecule has 212 valence electrons. The number of hydrogen-bond acceptors (Lipinski definition) is 8. The van der Waals surface area contributed by atoms with Crippen LogP contribution in [0, 0.1) is 0 Å². The van der Waals surface area contributed by atoms with Crippen LogP contribution in [0.4, 0.5) is 13.2 Å². The van der Waals surface area contributed by atoms with Gasteiger partial charge >= 0.3 is 6.36 Å². The number of likely N-dealkylation sites (N-methyl/N-ethyl adjacent to an activating group) is 1. The number of methoxy groups -OCH3 is 2. The van der Waals surface area contributed by atoms with Crippen LogP contribution >= 0.6 is 11.8 Å². The zero-order valence-corrected chi connectivity index (χ0v) is 22.8. The molecule has 0 fully saturated rings. The second kappa shape index (κ2) is 13.5. The molecule has 1 aliphatic heterocycles. The lowest BCUT2D eigenvalue weighted by Crippen LogP contribution is -2.44. The molecule has 0 bridgehead atoms. The molecule has 2 aromatic rings. The third-order valence-corrected chi connectivity index (χ3v) is 6.71. The highest BCUT2D eigenvalue weighted by atomic mass is 32.2. The molecular weight excluding hydrogens is 537 g/mol. The van der Waals surface area contributed by atoms with Gasteiger partial charge in [-0.05, 0) is 60.3 Å². The highest BCUT2D eigenvalue weighted by Crippen LogP contribution is 2.37. The molecule has 0 aliphatic carbocycles. The molecule has 2 aromatic carbocycles. The fourth-order valence-electron chi connectivity index (χ4n) is 3.71. The van der Waals surface area contributed by atoms with Gasteiger partial charge in [0.05, 0.1) is 32.0 Å². The van der Waals surface area contributed by atoms with Gasteiger partial charge < -0.3 is 34.6 Å². The second-order valence-electron chi connectivity index (χ2n) is 8.62. The second-order valence-corrected chi connectivity index (χ2v) is 9.57. The van der Waals surface area contributed by atoms with Crippen molar-refractivity contribution in [3.63, 3.8) is 0 Å². The number of rotatable bonds is 12. The fourth-order valence-corrected chi connectivity index (χ4v) is 4.78. The van der Waals surface area contributed by atoms with Crippen molar-refractivity contribution in [3.8, 4) is 17.2 Å². The van der Waals surface area contributed by atoms with E-state index in [-0.39, 0.29) is 24.1 Å². The molecule has 1 heterocycles. The van der Waals surface area contributed by atoms with E-state index >= 15 is 0 Å². The summed E-state index contributed by atoms with van der Waals surface area (Å²) in [6.45, 7) is 1.23. The number of halogens is 3. The van der Waals surface area contributed by atoms with Crippen molar-refractivity contribution < 1.29 is 37.0 Å². The van der Waals surface area contributed by atoms with E-state index in [1.807, 2.05) is 10.3 Å². The Morgan fingerprint density at radius 3 is 2.36 bits per heavy atom. The van der Waals surface area contributed by atoms with Crippen LogP contribution in [-0.2, 0) is 4.79 Å². The van der Waals surface area contributed by atoms with Crippen LogP contribution in [-0.4, -0.2) is 81.4 Å². The van der Waals surface area contributed by atoms with Crippen molar-refractivity contribution in [3.05, 3.63) is 59.0 Å². The number of benzene rings is 2. The van der Waals surface area contributed by atoms with E-state index in [9.17, 15) is 22.8 Å². The first-order chi connectivity index (χ1) is 18.5. The van der Waals surface area contributed by atoms with Gasteiger partial charge in [0.2, 0.25) is 5.91 Å². The maximum absolute atomic E-state index is 13.2. The molecule has 1 atom stereocenters. The van der Waals surface area contributed by atoms with E-state index < -0.39 is 11.9 Å². The Balaban J connectivity index is 1.74. The van der Waals surface area contributed by atoms with Gasteiger partial charge in [-0.25, -0.2) is 0 Å². The minimum atomic E-state index is -4.78. The highest BCUT2D eigenvalue weighted by Gasteiger charge is 2.32. The van der Waals surface area contributed by atoms with Crippen molar-refractivity contribution in [1.29, 1.82) is 0 Å². The molecule has 39 heavy (non-hydrogen) atoms. The van der Waals surface area contributed by atoms with Crippen molar-refractivity contribution >= 4 is 29.3 Å². The average Bonchev–Trinajstić information content (AvgIpc) is 3.29. The van der Waals surface area contributed by atoms with Crippen LogP contribution in [0.2, 0.25) is 0 Å². The van der Waals surface area contributed by atoms with Crippen LogP contribution in [0.1, 0.15) is 22.3 Å². The Labute approximate surface area is 229 Å². The maximum atomic E-state index is 13.2. The normalized spacial score (nSPS) is 15.0. The highest BCUT2D eigenvalue weighted by molar-refractivity contribution is 8.03. The zero-order valence-electron chi connectivity index (χ0n) is 22.0. The van der Waals surface area contributed by atoms with Gasteiger partial charge in [0.15, 0.2) is 5.50 Å². The quantitative estimate of drug-likeness (QED) is 0.375. The topological polar surface area (TPSA) is 92.4 Å². The predicted molar refractivity (Wildman–Crippen MR) is 142 cm³/mol. The Bertz CT molecular complexity index is 1180. The van der Waals surface area contributed by atoms with Gasteiger partial charge in [-0.1, -0.05) is 11.8 Å². The van der Waals surface area contributed by atoms with Gasteiger partial charge in [0.1, 0.15) is 17.2 Å². The van der Waals surface area contributed by atoms with E-state index in [4.69, 9.17) is 9.47 Å². The number of nitrogens with zero attached hydrogens (tertiary/aromatic N) is 2. The van der Waals surface area contributed by atoms with Gasteiger partial charge in [-0.2, -0.15) is 0 Å². The summed E-state index contributed by atoms with van der Waals surface area (Å²) in [5.74, 6) is 0.157. The van der Waals surface area contributed by atoms with Crippen LogP contribution < -0.4 is 24.8 Å². The Hall–Kier alpha value is -3.58. The molecule has 9 nitrogen and oxygen atoms in total. The summed E-state index contributed by atoms with van der Waals surface area (Å²) in [5.41, 5.74) is 1.22. The first-order valence-corrected chi connectivity index (χ1v) is 12.9. The molecule has 3 rings (SSSR count). The number of amides is 2.